The van der Waals surface area contributed by atoms with E-state index in [1.807, 2.05) is 6.20 Å². The summed E-state index contributed by atoms with van der Waals surface area (Å²) in [5.74, 6) is 0.742. The van der Waals surface area contributed by atoms with Crippen molar-refractivity contribution in [1.82, 2.24) is 9.97 Å². The van der Waals surface area contributed by atoms with Crippen LogP contribution in [0.2, 0.25) is 0 Å². The molecule has 0 amide bonds. The number of nitrogens with zero attached hydrogens (tertiary/aromatic N) is 2. The summed E-state index contributed by atoms with van der Waals surface area (Å²) in [4.78, 5) is 8.29. The second kappa shape index (κ2) is 3.21. The number of aryl methyl sites for hydroxylation is 1. The standard InChI is InChI=1S/C10H14N2/c1-8-10(6-11-7-12-8)9-4-2-3-5-9/h6-7,9H,2-5H2,1H3. The van der Waals surface area contributed by atoms with Gasteiger partial charge in [-0.15, -0.1) is 0 Å². The van der Waals surface area contributed by atoms with Crippen LogP contribution in [0.4, 0.5) is 0 Å². The van der Waals surface area contributed by atoms with Crippen molar-refractivity contribution in [3.8, 4) is 0 Å². The number of hydrogen-bond donors (Lipinski definition) is 0. The Morgan fingerprint density at radius 2 is 2.08 bits per heavy atom. The summed E-state index contributed by atoms with van der Waals surface area (Å²) in [6.07, 6.45) is 9.02. The van der Waals surface area contributed by atoms with Gasteiger partial charge in [-0.05, 0) is 31.2 Å². The highest BCUT2D eigenvalue weighted by atomic mass is 14.8. The van der Waals surface area contributed by atoms with Crippen molar-refractivity contribution < 1.29 is 0 Å². The Labute approximate surface area is 73.1 Å². The molecule has 1 aliphatic carbocycles. The van der Waals surface area contributed by atoms with Crippen molar-refractivity contribution in [2.75, 3.05) is 0 Å². The molecule has 0 spiro atoms. The van der Waals surface area contributed by atoms with Crippen LogP contribution in [0.5, 0.6) is 0 Å². The lowest BCUT2D eigenvalue weighted by Gasteiger charge is -2.10. The third kappa shape index (κ3) is 1.33. The fraction of sp³-hybridized carbons (Fsp3) is 0.600. The smallest absolute Gasteiger partial charge is 0.115 e. The van der Waals surface area contributed by atoms with E-state index in [1.54, 1.807) is 6.33 Å². The Balaban J connectivity index is 2.26. The largest absolute Gasteiger partial charge is 0.245 e. The second-order valence-corrected chi connectivity index (χ2v) is 3.54. The summed E-state index contributed by atoms with van der Waals surface area (Å²) in [5.41, 5.74) is 2.53. The summed E-state index contributed by atoms with van der Waals surface area (Å²) in [6.45, 7) is 2.08. The van der Waals surface area contributed by atoms with Crippen LogP contribution >= 0.6 is 0 Å². The summed E-state index contributed by atoms with van der Waals surface area (Å²) < 4.78 is 0. The van der Waals surface area contributed by atoms with Gasteiger partial charge in [0.2, 0.25) is 0 Å². The van der Waals surface area contributed by atoms with E-state index in [1.165, 1.54) is 31.2 Å². The van der Waals surface area contributed by atoms with Crippen molar-refractivity contribution in [2.45, 2.75) is 38.5 Å². The monoisotopic (exact) mass is 162 g/mol. The van der Waals surface area contributed by atoms with E-state index in [0.29, 0.717) is 0 Å². The van der Waals surface area contributed by atoms with Gasteiger partial charge in [-0.3, -0.25) is 0 Å². The number of rotatable bonds is 1. The second-order valence-electron chi connectivity index (χ2n) is 3.54. The molecule has 2 heteroatoms. The molecule has 0 aliphatic heterocycles. The van der Waals surface area contributed by atoms with Crippen LogP contribution in [0.15, 0.2) is 12.5 Å². The highest BCUT2D eigenvalue weighted by Crippen LogP contribution is 2.34. The molecule has 0 N–H and O–H groups in total. The Morgan fingerprint density at radius 1 is 1.33 bits per heavy atom. The molecule has 12 heavy (non-hydrogen) atoms. The van der Waals surface area contributed by atoms with Crippen molar-refractivity contribution in [2.24, 2.45) is 0 Å². The van der Waals surface area contributed by atoms with E-state index < -0.39 is 0 Å². The first-order valence-electron chi connectivity index (χ1n) is 4.64. The van der Waals surface area contributed by atoms with Crippen LogP contribution in [0.1, 0.15) is 42.9 Å². The molecule has 0 atom stereocenters. The lowest BCUT2D eigenvalue weighted by molar-refractivity contribution is 0.706. The molecule has 0 bridgehead atoms. The van der Waals surface area contributed by atoms with Crippen LogP contribution in [0, 0.1) is 6.92 Å². The van der Waals surface area contributed by atoms with E-state index in [2.05, 4.69) is 16.9 Å². The summed E-state index contributed by atoms with van der Waals surface area (Å²) in [7, 11) is 0. The quantitative estimate of drug-likeness (QED) is 0.633. The fourth-order valence-corrected chi connectivity index (χ4v) is 2.04. The van der Waals surface area contributed by atoms with Crippen LogP contribution in [-0.4, -0.2) is 9.97 Å². The number of aromatic nitrogens is 2. The Morgan fingerprint density at radius 3 is 2.75 bits per heavy atom. The molecule has 64 valence electrons. The van der Waals surface area contributed by atoms with Crippen molar-refractivity contribution in [3.63, 3.8) is 0 Å². The lowest BCUT2D eigenvalue weighted by Crippen LogP contribution is -1.98. The van der Waals surface area contributed by atoms with E-state index >= 15 is 0 Å². The highest BCUT2D eigenvalue weighted by molar-refractivity contribution is 5.20. The van der Waals surface area contributed by atoms with Gasteiger partial charge in [0.05, 0.1) is 0 Å². The van der Waals surface area contributed by atoms with Crippen molar-refractivity contribution in [3.05, 3.63) is 23.8 Å². The average molecular weight is 162 g/mol. The van der Waals surface area contributed by atoms with Crippen LogP contribution in [-0.2, 0) is 0 Å². The molecule has 1 aromatic heterocycles. The maximum absolute atomic E-state index is 4.21. The Hall–Kier alpha value is -0.920. The Bertz CT molecular complexity index is 264. The van der Waals surface area contributed by atoms with Gasteiger partial charge in [0.25, 0.3) is 0 Å². The molecular weight excluding hydrogens is 148 g/mol. The molecule has 2 nitrogen and oxygen atoms in total. The molecule has 1 fully saturated rings. The van der Waals surface area contributed by atoms with Gasteiger partial charge in [0.1, 0.15) is 6.33 Å². The van der Waals surface area contributed by atoms with Crippen molar-refractivity contribution >= 4 is 0 Å². The molecular formula is C10H14N2. The molecule has 0 radical (unpaired) electrons. The molecule has 0 saturated heterocycles. The van der Waals surface area contributed by atoms with E-state index in [9.17, 15) is 0 Å². The van der Waals surface area contributed by atoms with Crippen LogP contribution in [0.25, 0.3) is 0 Å². The van der Waals surface area contributed by atoms with Gasteiger partial charge in [-0.2, -0.15) is 0 Å². The van der Waals surface area contributed by atoms with E-state index in [4.69, 9.17) is 0 Å². The maximum Gasteiger partial charge on any atom is 0.115 e. The highest BCUT2D eigenvalue weighted by Gasteiger charge is 2.18. The van der Waals surface area contributed by atoms with Crippen LogP contribution in [0.3, 0.4) is 0 Å². The first-order chi connectivity index (χ1) is 5.88. The molecule has 2 rings (SSSR count). The average Bonchev–Trinajstić information content (AvgIpc) is 2.57. The van der Waals surface area contributed by atoms with E-state index in [0.717, 1.165) is 11.6 Å². The molecule has 1 aromatic rings. The summed E-state index contributed by atoms with van der Waals surface area (Å²) in [5, 5.41) is 0. The maximum atomic E-state index is 4.21. The van der Waals surface area contributed by atoms with E-state index in [-0.39, 0.29) is 0 Å². The predicted molar refractivity (Wildman–Crippen MR) is 48.0 cm³/mol. The van der Waals surface area contributed by atoms with Gasteiger partial charge in [0, 0.05) is 11.9 Å². The minimum absolute atomic E-state index is 0.742. The third-order valence-corrected chi connectivity index (χ3v) is 2.74. The zero-order valence-electron chi connectivity index (χ0n) is 7.45. The molecule has 0 unspecified atom stereocenters. The first-order valence-corrected chi connectivity index (χ1v) is 4.64. The third-order valence-electron chi connectivity index (χ3n) is 2.74. The fourth-order valence-electron chi connectivity index (χ4n) is 2.04. The normalized spacial score (nSPS) is 18.4. The van der Waals surface area contributed by atoms with Crippen molar-refractivity contribution in [1.29, 1.82) is 0 Å². The minimum atomic E-state index is 0.742. The predicted octanol–water partition coefficient (Wildman–Crippen LogP) is 2.44. The minimum Gasteiger partial charge on any atom is -0.245 e. The topological polar surface area (TPSA) is 25.8 Å². The summed E-state index contributed by atoms with van der Waals surface area (Å²) in [6, 6.07) is 0. The SMILES string of the molecule is Cc1ncncc1C1CCCC1. The molecule has 1 aliphatic rings. The van der Waals surface area contributed by atoms with Gasteiger partial charge in [0.15, 0.2) is 0 Å². The van der Waals surface area contributed by atoms with Gasteiger partial charge >= 0.3 is 0 Å². The zero-order valence-corrected chi connectivity index (χ0v) is 7.45. The van der Waals surface area contributed by atoms with Gasteiger partial charge in [-0.25, -0.2) is 9.97 Å². The van der Waals surface area contributed by atoms with Crippen LogP contribution < -0.4 is 0 Å². The number of hydrogen-bond acceptors (Lipinski definition) is 2. The van der Waals surface area contributed by atoms with Gasteiger partial charge in [-0.1, -0.05) is 12.8 Å². The molecule has 1 heterocycles. The summed E-state index contributed by atoms with van der Waals surface area (Å²) >= 11 is 0. The Kier molecular flexibility index (Phi) is 2.07. The van der Waals surface area contributed by atoms with Gasteiger partial charge < -0.3 is 0 Å². The first kappa shape index (κ1) is 7.71. The molecule has 0 aromatic carbocycles. The molecule has 1 saturated carbocycles. The lowest BCUT2D eigenvalue weighted by atomic mass is 9.98. The zero-order chi connectivity index (χ0) is 8.39.